The molecule has 4 nitrogen and oxygen atoms in total. The van der Waals surface area contributed by atoms with E-state index in [2.05, 4.69) is 0 Å². The smallest absolute Gasteiger partial charge is 0.295 e. The molecule has 4 aliphatic carbocycles. The van der Waals surface area contributed by atoms with E-state index in [9.17, 15) is 14.4 Å². The highest BCUT2D eigenvalue weighted by Crippen LogP contribution is 2.69. The van der Waals surface area contributed by atoms with Crippen molar-refractivity contribution in [1.82, 2.24) is 0 Å². The van der Waals surface area contributed by atoms with Crippen LogP contribution in [0.2, 0.25) is 5.02 Å². The van der Waals surface area contributed by atoms with E-state index in [-0.39, 0.29) is 17.2 Å². The molecule has 3 unspecified atom stereocenters. The minimum absolute atomic E-state index is 0.0780. The first-order valence-electron chi connectivity index (χ1n) is 9.54. The third kappa shape index (κ3) is 2.05. The summed E-state index contributed by atoms with van der Waals surface area (Å²) in [6.07, 6.45) is 5.75. The molecule has 0 radical (unpaired) electrons. The summed E-state index contributed by atoms with van der Waals surface area (Å²) in [5.41, 5.74) is 0.604. The van der Waals surface area contributed by atoms with Gasteiger partial charge in [0.05, 0.1) is 6.04 Å². The van der Waals surface area contributed by atoms with E-state index in [0.29, 0.717) is 28.5 Å². The second-order valence-corrected chi connectivity index (χ2v) is 9.26. The lowest BCUT2D eigenvalue weighted by Crippen LogP contribution is -2.51. The molecule has 0 spiro atoms. The summed E-state index contributed by atoms with van der Waals surface area (Å²) in [4.78, 5) is 39.9. The summed E-state index contributed by atoms with van der Waals surface area (Å²) in [7, 11) is 0. The zero-order valence-electron chi connectivity index (χ0n) is 14.8. The molecule has 5 aliphatic rings. The van der Waals surface area contributed by atoms with Gasteiger partial charge < -0.3 is 4.90 Å². The van der Waals surface area contributed by atoms with Crippen LogP contribution in [0.3, 0.4) is 0 Å². The van der Waals surface area contributed by atoms with Crippen LogP contribution < -0.4 is 4.90 Å². The number of halogens is 1. The van der Waals surface area contributed by atoms with Crippen molar-refractivity contribution >= 4 is 34.8 Å². The number of anilines is 1. The van der Waals surface area contributed by atoms with E-state index in [1.807, 2.05) is 0 Å². The van der Waals surface area contributed by atoms with Gasteiger partial charge in [-0.25, -0.2) is 0 Å². The summed E-state index contributed by atoms with van der Waals surface area (Å²) < 4.78 is 0. The van der Waals surface area contributed by atoms with Crippen molar-refractivity contribution in [2.75, 3.05) is 4.90 Å². The molecule has 1 amide bonds. The lowest BCUT2D eigenvalue weighted by molar-refractivity contribution is -0.138. The summed E-state index contributed by atoms with van der Waals surface area (Å²) in [6.45, 7) is 1.46. The molecule has 26 heavy (non-hydrogen) atoms. The predicted octanol–water partition coefficient (Wildman–Crippen LogP) is 3.66. The Hall–Kier alpha value is -1.68. The van der Waals surface area contributed by atoms with Crippen LogP contribution in [0.5, 0.6) is 0 Å². The Morgan fingerprint density at radius 2 is 1.69 bits per heavy atom. The molecule has 5 heteroatoms. The number of ketones is 2. The van der Waals surface area contributed by atoms with E-state index < -0.39 is 17.6 Å². The van der Waals surface area contributed by atoms with Crippen LogP contribution in [0.4, 0.5) is 5.69 Å². The highest BCUT2D eigenvalue weighted by Gasteiger charge is 2.67. The molecule has 4 bridgehead atoms. The van der Waals surface area contributed by atoms with Crippen LogP contribution in [0.25, 0.3) is 0 Å². The monoisotopic (exact) mass is 371 g/mol. The number of carbonyl (C=O) groups is 3. The maximum atomic E-state index is 12.9. The van der Waals surface area contributed by atoms with Crippen molar-refractivity contribution in [3.8, 4) is 0 Å². The van der Waals surface area contributed by atoms with Crippen LogP contribution in [-0.2, 0) is 14.4 Å². The average molecular weight is 372 g/mol. The average Bonchev–Trinajstić information content (AvgIpc) is 3.11. The van der Waals surface area contributed by atoms with Crippen molar-refractivity contribution in [1.29, 1.82) is 0 Å². The van der Waals surface area contributed by atoms with Crippen molar-refractivity contribution in [2.24, 2.45) is 29.1 Å². The lowest BCUT2D eigenvalue weighted by Gasteiger charge is -2.44. The van der Waals surface area contributed by atoms with Gasteiger partial charge in [-0.2, -0.15) is 0 Å². The molecule has 0 aromatic heterocycles. The van der Waals surface area contributed by atoms with Gasteiger partial charge in [0.1, 0.15) is 11.7 Å². The summed E-state index contributed by atoms with van der Waals surface area (Å²) in [5.74, 6) is -0.139. The maximum absolute atomic E-state index is 12.9. The van der Waals surface area contributed by atoms with Crippen molar-refractivity contribution in [3.63, 3.8) is 0 Å². The molecule has 0 N–H and O–H groups in total. The van der Waals surface area contributed by atoms with Crippen LogP contribution >= 0.6 is 11.6 Å². The first-order chi connectivity index (χ1) is 12.4. The minimum atomic E-state index is -0.823. The Balaban J connectivity index is 1.65. The van der Waals surface area contributed by atoms with Crippen LogP contribution in [0, 0.1) is 29.1 Å². The zero-order chi connectivity index (χ0) is 18.2. The fourth-order valence-corrected chi connectivity index (χ4v) is 7.01. The van der Waals surface area contributed by atoms with Gasteiger partial charge in [0.15, 0.2) is 0 Å². The number of rotatable bonds is 3. The second kappa shape index (κ2) is 5.41. The number of amides is 1. The predicted molar refractivity (Wildman–Crippen MR) is 97.9 cm³/mol. The number of hydrogen-bond acceptors (Lipinski definition) is 3. The van der Waals surface area contributed by atoms with Gasteiger partial charge in [-0.3, -0.25) is 14.4 Å². The Morgan fingerprint density at radius 1 is 1.08 bits per heavy atom. The summed E-state index contributed by atoms with van der Waals surface area (Å²) in [6, 6.07) is 6.73. The number of Topliss-reactive ketones (excluding diaryl/α,β-unsaturated/α-hetero) is 2. The van der Waals surface area contributed by atoms with Gasteiger partial charge >= 0.3 is 0 Å². The fourth-order valence-electron chi connectivity index (χ4n) is 6.89. The molecule has 1 heterocycles. The standard InChI is InChI=1S/C21H22ClNO3/c1-11(24)17-18(25)20(26)23(16-4-2-15(22)3-5-16)19(17)21-9-12-6-13(10-21)8-14(21)7-12/h2-5,12-14,17,19H,6-10H2,1H3/t12?,13?,14?,17?,19-,21?/m0/s1. The van der Waals surface area contributed by atoms with E-state index in [1.165, 1.54) is 26.2 Å². The molecular weight excluding hydrogens is 350 g/mol. The number of carbonyl (C=O) groups excluding carboxylic acids is 3. The second-order valence-electron chi connectivity index (χ2n) is 8.83. The largest absolute Gasteiger partial charge is 0.301 e. The zero-order valence-corrected chi connectivity index (χ0v) is 15.5. The lowest BCUT2D eigenvalue weighted by atomic mass is 9.66. The molecule has 4 saturated carbocycles. The van der Waals surface area contributed by atoms with Gasteiger partial charge in [0, 0.05) is 10.7 Å². The van der Waals surface area contributed by atoms with E-state index in [1.54, 1.807) is 29.2 Å². The number of benzene rings is 1. The molecule has 6 rings (SSSR count). The van der Waals surface area contributed by atoms with Crippen molar-refractivity contribution in [2.45, 2.75) is 45.1 Å². The molecule has 1 aromatic rings. The molecular formula is C21H22ClNO3. The van der Waals surface area contributed by atoms with Crippen LogP contribution in [-0.4, -0.2) is 23.5 Å². The van der Waals surface area contributed by atoms with Gasteiger partial charge in [-0.05, 0) is 86.5 Å². The van der Waals surface area contributed by atoms with Gasteiger partial charge in [-0.1, -0.05) is 11.6 Å². The highest BCUT2D eigenvalue weighted by atomic mass is 35.5. The fraction of sp³-hybridized carbons (Fsp3) is 0.571. The van der Waals surface area contributed by atoms with Gasteiger partial charge in [0.25, 0.3) is 5.91 Å². The maximum Gasteiger partial charge on any atom is 0.295 e. The van der Waals surface area contributed by atoms with Gasteiger partial charge in [-0.15, -0.1) is 0 Å². The molecule has 136 valence electrons. The Morgan fingerprint density at radius 3 is 2.27 bits per heavy atom. The minimum Gasteiger partial charge on any atom is -0.301 e. The summed E-state index contributed by atoms with van der Waals surface area (Å²) in [5, 5.41) is 0.588. The van der Waals surface area contributed by atoms with E-state index in [4.69, 9.17) is 11.6 Å². The Labute approximate surface area is 157 Å². The Kier molecular flexibility index (Phi) is 3.43. The third-order valence-electron chi connectivity index (χ3n) is 7.49. The van der Waals surface area contributed by atoms with Gasteiger partial charge in [0.2, 0.25) is 5.78 Å². The molecule has 5 fully saturated rings. The number of nitrogens with zero attached hydrogens (tertiary/aromatic N) is 1. The topological polar surface area (TPSA) is 54.5 Å². The molecule has 4 atom stereocenters. The normalized spacial score (nSPS) is 40.7. The van der Waals surface area contributed by atoms with Crippen molar-refractivity contribution in [3.05, 3.63) is 29.3 Å². The number of hydrogen-bond donors (Lipinski definition) is 0. The first-order valence-corrected chi connectivity index (χ1v) is 9.92. The summed E-state index contributed by atoms with van der Waals surface area (Å²) >= 11 is 6.01. The van der Waals surface area contributed by atoms with Crippen molar-refractivity contribution < 1.29 is 14.4 Å². The molecule has 1 aliphatic heterocycles. The van der Waals surface area contributed by atoms with Crippen LogP contribution in [0.1, 0.15) is 39.0 Å². The quantitative estimate of drug-likeness (QED) is 0.602. The molecule has 1 aromatic carbocycles. The molecule has 1 saturated heterocycles. The first kappa shape index (κ1) is 16.5. The van der Waals surface area contributed by atoms with Crippen LogP contribution in [0.15, 0.2) is 24.3 Å². The third-order valence-corrected chi connectivity index (χ3v) is 7.74. The van der Waals surface area contributed by atoms with E-state index in [0.717, 1.165) is 12.8 Å². The Bertz CT molecular complexity index is 803. The highest BCUT2D eigenvalue weighted by molar-refractivity contribution is 6.48. The SMILES string of the molecule is CC(=O)C1C(=O)C(=O)N(c2ccc(Cl)cc2)[C@@H]1C12CC3CC(CC1C3)C2. The van der Waals surface area contributed by atoms with E-state index >= 15 is 0 Å².